The van der Waals surface area contributed by atoms with Gasteiger partial charge in [0.25, 0.3) is 0 Å². The first-order chi connectivity index (χ1) is 13.3. The quantitative estimate of drug-likeness (QED) is 0.468. The monoisotopic (exact) mass is 390 g/mol. The van der Waals surface area contributed by atoms with Crippen LogP contribution in [0.4, 0.5) is 0 Å². The Labute approximate surface area is 164 Å². The minimum Gasteiger partial charge on any atom is -0.465 e. The molecule has 0 unspecified atom stereocenters. The second-order valence-electron chi connectivity index (χ2n) is 6.85. The third-order valence-electron chi connectivity index (χ3n) is 4.77. The molecule has 1 aromatic rings. The Bertz CT molecular complexity index is 787. The van der Waals surface area contributed by atoms with E-state index in [9.17, 15) is 19.5 Å². The van der Waals surface area contributed by atoms with Gasteiger partial charge in [-0.25, -0.2) is 4.79 Å². The molecule has 0 fully saturated rings. The molecule has 2 heterocycles. The lowest BCUT2D eigenvalue weighted by Gasteiger charge is -2.24. The molecule has 7 nitrogen and oxygen atoms in total. The van der Waals surface area contributed by atoms with Crippen LogP contribution >= 0.6 is 0 Å². The maximum Gasteiger partial charge on any atom is 0.341 e. The van der Waals surface area contributed by atoms with Crippen LogP contribution in [0.15, 0.2) is 34.3 Å². The predicted molar refractivity (Wildman–Crippen MR) is 101 cm³/mol. The normalized spacial score (nSPS) is 25.1. The largest absolute Gasteiger partial charge is 0.465 e. The Morgan fingerprint density at radius 1 is 1.43 bits per heavy atom. The molecule has 2 rings (SSSR count). The van der Waals surface area contributed by atoms with E-state index >= 15 is 0 Å². The Morgan fingerprint density at radius 3 is 2.71 bits per heavy atom. The number of ether oxygens (including phenoxy) is 2. The molecular weight excluding hydrogens is 364 g/mol. The van der Waals surface area contributed by atoms with E-state index in [1.54, 1.807) is 0 Å². The summed E-state index contributed by atoms with van der Waals surface area (Å²) in [5.74, 6) is -0.996. The molecule has 0 saturated heterocycles. The first-order valence-corrected chi connectivity index (χ1v) is 9.16. The molecule has 0 aliphatic carbocycles. The predicted octanol–water partition coefficient (Wildman–Crippen LogP) is 2.67. The van der Waals surface area contributed by atoms with Gasteiger partial charge in [-0.15, -0.1) is 0 Å². The van der Waals surface area contributed by atoms with Gasteiger partial charge >= 0.3 is 5.97 Å². The van der Waals surface area contributed by atoms with Crippen molar-refractivity contribution in [2.45, 2.75) is 45.3 Å². The van der Waals surface area contributed by atoms with Crippen molar-refractivity contribution in [3.63, 3.8) is 0 Å². The van der Waals surface area contributed by atoms with Crippen LogP contribution in [-0.4, -0.2) is 49.1 Å². The SMILES string of the molecule is C=C(C)[C@@H]1Cc2oc(cc2C(=O)OC)C(=O)C[C@H](O)/C=C(/C=O)[C@H](OCC)C1. The lowest BCUT2D eigenvalue weighted by atomic mass is 9.87. The number of aliphatic hydroxyl groups excluding tert-OH is 1. The number of allylic oxidation sites excluding steroid dienone is 1. The standard InChI is InChI=1S/C21H26O7/c1-5-27-18-7-13(12(2)3)8-19-16(21(25)26-4)10-20(28-19)17(24)9-15(23)6-14(18)11-22/h6,10-11,13,15,18,23H,2,5,7-9H2,1,3-4H3/b14-6-/t13-,15+,18+/m0/s1. The Morgan fingerprint density at radius 2 is 2.14 bits per heavy atom. The van der Waals surface area contributed by atoms with Gasteiger partial charge in [-0.1, -0.05) is 12.2 Å². The average molecular weight is 390 g/mol. The summed E-state index contributed by atoms with van der Waals surface area (Å²) in [5, 5.41) is 10.3. The molecule has 152 valence electrons. The molecule has 1 aliphatic rings. The van der Waals surface area contributed by atoms with Gasteiger partial charge in [0.15, 0.2) is 5.76 Å². The summed E-state index contributed by atoms with van der Waals surface area (Å²) in [6.07, 6.45) is 0.633. The van der Waals surface area contributed by atoms with Gasteiger partial charge in [-0.3, -0.25) is 9.59 Å². The van der Waals surface area contributed by atoms with Crippen LogP contribution in [0.25, 0.3) is 0 Å². The summed E-state index contributed by atoms with van der Waals surface area (Å²) in [7, 11) is 1.25. The van der Waals surface area contributed by atoms with Crippen molar-refractivity contribution in [1.29, 1.82) is 0 Å². The fourth-order valence-electron chi connectivity index (χ4n) is 3.24. The number of carbonyl (C=O) groups is 3. The van der Waals surface area contributed by atoms with Crippen LogP contribution in [0.2, 0.25) is 0 Å². The van der Waals surface area contributed by atoms with E-state index in [2.05, 4.69) is 6.58 Å². The maximum absolute atomic E-state index is 12.5. The maximum atomic E-state index is 12.5. The van der Waals surface area contributed by atoms with Crippen LogP contribution in [-0.2, 0) is 20.7 Å². The summed E-state index contributed by atoms with van der Waals surface area (Å²) in [6.45, 7) is 8.02. The number of Topliss-reactive ketones (excluding diaryl/α,β-unsaturated/α-hetero) is 1. The van der Waals surface area contributed by atoms with Crippen molar-refractivity contribution >= 4 is 18.0 Å². The van der Waals surface area contributed by atoms with Gasteiger partial charge in [-0.2, -0.15) is 0 Å². The Hall–Kier alpha value is -2.51. The molecule has 28 heavy (non-hydrogen) atoms. The van der Waals surface area contributed by atoms with Gasteiger partial charge in [0, 0.05) is 31.1 Å². The number of methoxy groups -OCH3 is 1. The summed E-state index contributed by atoms with van der Waals surface area (Å²) in [5.41, 5.74) is 1.26. The van der Waals surface area contributed by atoms with E-state index in [4.69, 9.17) is 13.9 Å². The molecular formula is C21H26O7. The number of carbonyl (C=O) groups excluding carboxylic acids is 3. The Balaban J connectivity index is 2.55. The lowest BCUT2D eigenvalue weighted by molar-refractivity contribution is -0.106. The molecule has 1 aliphatic heterocycles. The first kappa shape index (κ1) is 21.8. The number of furan rings is 1. The second kappa shape index (κ2) is 9.61. The highest BCUT2D eigenvalue weighted by Gasteiger charge is 2.29. The van der Waals surface area contributed by atoms with Gasteiger partial charge in [0.1, 0.15) is 17.6 Å². The number of rotatable bonds is 5. The zero-order chi connectivity index (χ0) is 20.8. The second-order valence-corrected chi connectivity index (χ2v) is 6.85. The van der Waals surface area contributed by atoms with Crippen LogP contribution in [0.1, 0.15) is 53.4 Å². The zero-order valence-electron chi connectivity index (χ0n) is 16.4. The van der Waals surface area contributed by atoms with Gasteiger partial charge in [-0.05, 0) is 32.3 Å². The number of fused-ring (bicyclic) bond motifs is 2. The molecule has 1 N–H and O–H groups in total. The highest BCUT2D eigenvalue weighted by molar-refractivity contribution is 5.98. The number of aldehydes is 1. The molecule has 0 aromatic carbocycles. The van der Waals surface area contributed by atoms with E-state index in [1.165, 1.54) is 19.3 Å². The molecule has 2 bridgehead atoms. The van der Waals surface area contributed by atoms with Crippen molar-refractivity contribution in [3.8, 4) is 0 Å². The molecule has 0 spiro atoms. The summed E-state index contributed by atoms with van der Waals surface area (Å²) >= 11 is 0. The fraction of sp³-hybridized carbons (Fsp3) is 0.476. The summed E-state index contributed by atoms with van der Waals surface area (Å²) in [6, 6.07) is 1.34. The topological polar surface area (TPSA) is 103 Å². The summed E-state index contributed by atoms with van der Waals surface area (Å²) in [4.78, 5) is 36.2. The summed E-state index contributed by atoms with van der Waals surface area (Å²) < 4.78 is 16.2. The van der Waals surface area contributed by atoms with Gasteiger partial charge < -0.3 is 19.0 Å². The lowest BCUT2D eigenvalue weighted by Crippen LogP contribution is -2.25. The van der Waals surface area contributed by atoms with E-state index in [0.29, 0.717) is 31.5 Å². The number of hydrogen-bond acceptors (Lipinski definition) is 7. The number of esters is 1. The van der Waals surface area contributed by atoms with Crippen LogP contribution in [0.5, 0.6) is 0 Å². The molecule has 0 radical (unpaired) electrons. The van der Waals surface area contributed by atoms with Gasteiger partial charge in [0.2, 0.25) is 5.78 Å². The van der Waals surface area contributed by atoms with Crippen LogP contribution in [0, 0.1) is 5.92 Å². The average Bonchev–Trinajstić information content (AvgIpc) is 3.07. The molecule has 7 heteroatoms. The third-order valence-corrected chi connectivity index (χ3v) is 4.77. The molecule has 1 aromatic heterocycles. The first-order valence-electron chi connectivity index (χ1n) is 9.16. The molecule has 0 saturated carbocycles. The van der Waals surface area contributed by atoms with Crippen molar-refractivity contribution in [2.24, 2.45) is 5.92 Å². The van der Waals surface area contributed by atoms with E-state index in [-0.39, 0.29) is 29.2 Å². The van der Waals surface area contributed by atoms with Crippen molar-refractivity contribution in [1.82, 2.24) is 0 Å². The van der Waals surface area contributed by atoms with E-state index in [1.807, 2.05) is 13.8 Å². The van der Waals surface area contributed by atoms with Crippen molar-refractivity contribution in [3.05, 3.63) is 47.0 Å². The number of ketones is 1. The molecule has 0 amide bonds. The molecule has 3 atom stereocenters. The zero-order valence-corrected chi connectivity index (χ0v) is 16.4. The third kappa shape index (κ3) is 5.05. The smallest absolute Gasteiger partial charge is 0.341 e. The number of aliphatic hydroxyl groups is 1. The fourth-order valence-corrected chi connectivity index (χ4v) is 3.24. The number of hydrogen-bond donors (Lipinski definition) is 1. The highest BCUT2D eigenvalue weighted by atomic mass is 16.5. The van der Waals surface area contributed by atoms with Gasteiger partial charge in [0.05, 0.1) is 19.3 Å². The van der Waals surface area contributed by atoms with Crippen molar-refractivity contribution in [2.75, 3.05) is 13.7 Å². The Kier molecular flexibility index (Phi) is 7.48. The van der Waals surface area contributed by atoms with E-state index < -0.39 is 24.0 Å². The highest BCUT2D eigenvalue weighted by Crippen LogP contribution is 2.29. The van der Waals surface area contributed by atoms with E-state index in [0.717, 1.165) is 5.57 Å². The minimum atomic E-state index is -1.19. The van der Waals surface area contributed by atoms with Crippen LogP contribution < -0.4 is 0 Å². The minimum absolute atomic E-state index is 0.0297. The van der Waals surface area contributed by atoms with Crippen LogP contribution in [0.3, 0.4) is 0 Å². The van der Waals surface area contributed by atoms with Crippen molar-refractivity contribution < 1.29 is 33.4 Å².